The Labute approximate surface area is 101 Å². The van der Waals surface area contributed by atoms with Gasteiger partial charge in [0.15, 0.2) is 0 Å². The normalized spacial score (nSPS) is 27.2. The van der Waals surface area contributed by atoms with Gasteiger partial charge in [0.1, 0.15) is 5.01 Å². The predicted octanol–water partition coefficient (Wildman–Crippen LogP) is 2.67. The van der Waals surface area contributed by atoms with Crippen molar-refractivity contribution < 1.29 is 4.74 Å². The van der Waals surface area contributed by atoms with Gasteiger partial charge in [-0.25, -0.2) is 4.98 Å². The Morgan fingerprint density at radius 1 is 1.62 bits per heavy atom. The van der Waals surface area contributed by atoms with Gasteiger partial charge in [0.05, 0.1) is 18.2 Å². The highest BCUT2D eigenvalue weighted by molar-refractivity contribution is 7.09. The summed E-state index contributed by atoms with van der Waals surface area (Å²) in [6.07, 6.45) is 2.99. The fourth-order valence-corrected chi connectivity index (χ4v) is 3.11. The second-order valence-electron chi connectivity index (χ2n) is 4.42. The monoisotopic (exact) mass is 240 g/mol. The molecule has 0 aliphatic carbocycles. The van der Waals surface area contributed by atoms with Gasteiger partial charge in [-0.3, -0.25) is 0 Å². The minimum atomic E-state index is 0.272. The van der Waals surface area contributed by atoms with Crippen LogP contribution in [0.15, 0.2) is 5.38 Å². The minimum absolute atomic E-state index is 0.272. The summed E-state index contributed by atoms with van der Waals surface area (Å²) in [5.41, 5.74) is 1.11. The molecule has 3 unspecified atom stereocenters. The first-order chi connectivity index (χ1) is 7.70. The fraction of sp³-hybridized carbons (Fsp3) is 0.750. The van der Waals surface area contributed by atoms with Crippen LogP contribution in [-0.2, 0) is 4.74 Å². The molecule has 0 radical (unpaired) electrons. The van der Waals surface area contributed by atoms with Gasteiger partial charge in [-0.15, -0.1) is 11.3 Å². The Bertz CT molecular complexity index is 340. The van der Waals surface area contributed by atoms with Crippen molar-refractivity contribution >= 4 is 11.3 Å². The van der Waals surface area contributed by atoms with Crippen LogP contribution in [0, 0.1) is 6.92 Å². The number of likely N-dealkylation sites (N-methyl/N-ethyl adjacent to an activating group) is 1. The predicted molar refractivity (Wildman–Crippen MR) is 66.8 cm³/mol. The van der Waals surface area contributed by atoms with Crippen LogP contribution in [0.3, 0.4) is 0 Å². The molecule has 1 aliphatic rings. The van der Waals surface area contributed by atoms with Gasteiger partial charge in [-0.05, 0) is 33.2 Å². The number of nitrogens with one attached hydrogen (secondary N) is 1. The van der Waals surface area contributed by atoms with Crippen molar-refractivity contribution in [2.45, 2.75) is 51.9 Å². The van der Waals surface area contributed by atoms with Crippen molar-refractivity contribution in [1.29, 1.82) is 0 Å². The molecule has 1 saturated heterocycles. The number of thiazole rings is 1. The molecule has 2 heterocycles. The highest BCUT2D eigenvalue weighted by atomic mass is 32.1. The van der Waals surface area contributed by atoms with Crippen LogP contribution in [0.2, 0.25) is 0 Å². The summed E-state index contributed by atoms with van der Waals surface area (Å²) in [4.78, 5) is 4.58. The molecule has 1 fully saturated rings. The van der Waals surface area contributed by atoms with E-state index in [1.807, 2.05) is 6.92 Å². The molecule has 0 spiro atoms. The minimum Gasteiger partial charge on any atom is -0.373 e. The van der Waals surface area contributed by atoms with Crippen LogP contribution < -0.4 is 5.32 Å². The smallest absolute Gasteiger partial charge is 0.112 e. The van der Waals surface area contributed by atoms with E-state index in [4.69, 9.17) is 4.74 Å². The second-order valence-corrected chi connectivity index (χ2v) is 5.31. The molecule has 16 heavy (non-hydrogen) atoms. The van der Waals surface area contributed by atoms with E-state index in [1.54, 1.807) is 11.3 Å². The standard InChI is InChI=1S/C12H20N2OS/c1-4-13-11(10-6-5-9(3)15-10)12-14-8(2)7-16-12/h7,9-11,13H,4-6H2,1-3H3. The third kappa shape index (κ3) is 2.62. The van der Waals surface area contributed by atoms with Crippen LogP contribution in [0.4, 0.5) is 0 Å². The fourth-order valence-electron chi connectivity index (χ4n) is 2.19. The molecule has 1 N–H and O–H groups in total. The number of ether oxygens (including phenoxy) is 1. The zero-order valence-electron chi connectivity index (χ0n) is 10.2. The Balaban J connectivity index is 2.10. The van der Waals surface area contributed by atoms with Crippen molar-refractivity contribution in [1.82, 2.24) is 10.3 Å². The number of nitrogens with zero attached hydrogens (tertiary/aromatic N) is 1. The highest BCUT2D eigenvalue weighted by Crippen LogP contribution is 2.31. The average molecular weight is 240 g/mol. The molecular formula is C12H20N2OS. The molecule has 0 saturated carbocycles. The van der Waals surface area contributed by atoms with Crippen LogP contribution in [0.1, 0.15) is 43.4 Å². The van der Waals surface area contributed by atoms with Crippen molar-refractivity contribution in [3.8, 4) is 0 Å². The zero-order chi connectivity index (χ0) is 11.5. The maximum Gasteiger partial charge on any atom is 0.112 e. The summed E-state index contributed by atoms with van der Waals surface area (Å²) in [6, 6.07) is 0.272. The largest absolute Gasteiger partial charge is 0.373 e. The summed E-state index contributed by atoms with van der Waals surface area (Å²) in [5, 5.41) is 6.77. The van der Waals surface area contributed by atoms with Gasteiger partial charge < -0.3 is 10.1 Å². The Hall–Kier alpha value is -0.450. The Kier molecular flexibility index (Phi) is 3.95. The lowest BCUT2D eigenvalue weighted by Crippen LogP contribution is -2.32. The zero-order valence-corrected chi connectivity index (χ0v) is 11.0. The maximum atomic E-state index is 5.94. The van der Waals surface area contributed by atoms with Gasteiger partial charge in [-0.2, -0.15) is 0 Å². The quantitative estimate of drug-likeness (QED) is 0.878. The van der Waals surface area contributed by atoms with E-state index < -0.39 is 0 Å². The van der Waals surface area contributed by atoms with E-state index in [1.165, 1.54) is 5.01 Å². The first-order valence-electron chi connectivity index (χ1n) is 6.01. The number of aryl methyl sites for hydroxylation is 1. The van der Waals surface area contributed by atoms with Crippen LogP contribution >= 0.6 is 11.3 Å². The van der Waals surface area contributed by atoms with Crippen molar-refractivity contribution in [2.75, 3.05) is 6.54 Å². The molecule has 4 heteroatoms. The van der Waals surface area contributed by atoms with E-state index in [2.05, 4.69) is 29.5 Å². The average Bonchev–Trinajstić information content (AvgIpc) is 2.84. The van der Waals surface area contributed by atoms with Gasteiger partial charge in [0.2, 0.25) is 0 Å². The molecular weight excluding hydrogens is 220 g/mol. The van der Waals surface area contributed by atoms with E-state index in [-0.39, 0.29) is 6.04 Å². The molecule has 3 atom stereocenters. The van der Waals surface area contributed by atoms with Gasteiger partial charge in [0, 0.05) is 11.1 Å². The summed E-state index contributed by atoms with van der Waals surface area (Å²) >= 11 is 1.73. The molecule has 3 nitrogen and oxygen atoms in total. The molecule has 0 aromatic carbocycles. The second kappa shape index (κ2) is 5.25. The third-order valence-corrected chi connectivity index (χ3v) is 4.01. The number of hydrogen-bond donors (Lipinski definition) is 1. The number of rotatable bonds is 4. The lowest BCUT2D eigenvalue weighted by Gasteiger charge is -2.22. The van der Waals surface area contributed by atoms with Gasteiger partial charge in [0.25, 0.3) is 0 Å². The number of aromatic nitrogens is 1. The lowest BCUT2D eigenvalue weighted by atomic mass is 10.1. The molecule has 0 bridgehead atoms. The summed E-state index contributed by atoms with van der Waals surface area (Å²) < 4.78 is 5.94. The SMILES string of the molecule is CCNC(c1nc(C)cs1)C1CCC(C)O1. The van der Waals surface area contributed by atoms with Gasteiger partial charge >= 0.3 is 0 Å². The van der Waals surface area contributed by atoms with Crippen LogP contribution in [0.5, 0.6) is 0 Å². The molecule has 0 amide bonds. The summed E-state index contributed by atoms with van der Waals surface area (Å²) in [7, 11) is 0. The Morgan fingerprint density at radius 3 is 2.94 bits per heavy atom. The van der Waals surface area contributed by atoms with E-state index in [0.29, 0.717) is 12.2 Å². The summed E-state index contributed by atoms with van der Waals surface area (Å²) in [6.45, 7) is 7.28. The molecule has 1 aromatic rings. The first kappa shape index (κ1) is 12.0. The van der Waals surface area contributed by atoms with Crippen molar-refractivity contribution in [3.05, 3.63) is 16.1 Å². The van der Waals surface area contributed by atoms with E-state index >= 15 is 0 Å². The van der Waals surface area contributed by atoms with Crippen LogP contribution in [0.25, 0.3) is 0 Å². The first-order valence-corrected chi connectivity index (χ1v) is 6.89. The van der Waals surface area contributed by atoms with E-state index in [9.17, 15) is 0 Å². The van der Waals surface area contributed by atoms with E-state index in [0.717, 1.165) is 25.1 Å². The highest BCUT2D eigenvalue weighted by Gasteiger charge is 2.31. The van der Waals surface area contributed by atoms with Crippen molar-refractivity contribution in [3.63, 3.8) is 0 Å². The molecule has 1 aliphatic heterocycles. The Morgan fingerprint density at radius 2 is 2.44 bits per heavy atom. The molecule has 1 aromatic heterocycles. The molecule has 90 valence electrons. The number of hydrogen-bond acceptors (Lipinski definition) is 4. The van der Waals surface area contributed by atoms with Crippen LogP contribution in [-0.4, -0.2) is 23.7 Å². The van der Waals surface area contributed by atoms with Crippen molar-refractivity contribution in [2.24, 2.45) is 0 Å². The summed E-state index contributed by atoms with van der Waals surface area (Å²) in [5.74, 6) is 0. The third-order valence-electron chi connectivity index (χ3n) is 2.96. The lowest BCUT2D eigenvalue weighted by molar-refractivity contribution is 0.0319. The topological polar surface area (TPSA) is 34.2 Å². The van der Waals surface area contributed by atoms with Gasteiger partial charge in [-0.1, -0.05) is 6.92 Å². The molecule has 2 rings (SSSR count). The maximum absolute atomic E-state index is 5.94.